The van der Waals surface area contributed by atoms with E-state index in [2.05, 4.69) is 41.2 Å². The molecule has 0 unspecified atom stereocenters. The molecule has 0 fully saturated rings. The molecule has 81 heavy (non-hydrogen) atoms. The number of amides is 2. The van der Waals surface area contributed by atoms with Crippen LogP contribution in [0.2, 0.25) is 0 Å². The number of carboxylic acids is 1. The van der Waals surface area contributed by atoms with Crippen molar-refractivity contribution in [3.63, 3.8) is 0 Å². The maximum atomic E-state index is 13.1. The van der Waals surface area contributed by atoms with Gasteiger partial charge in [0.25, 0.3) is 11.8 Å². The lowest BCUT2D eigenvalue weighted by atomic mass is 10.1. The number of anilines is 6. The van der Waals surface area contributed by atoms with E-state index in [1.165, 1.54) is 68.3 Å². The summed E-state index contributed by atoms with van der Waals surface area (Å²) >= 11 is 2.76. The lowest BCUT2D eigenvalue weighted by Gasteiger charge is -2.12. The summed E-state index contributed by atoms with van der Waals surface area (Å²) < 4.78 is 36.7. The average Bonchev–Trinajstić information content (AvgIpc) is 4.41. The van der Waals surface area contributed by atoms with Crippen molar-refractivity contribution in [1.82, 2.24) is 29.9 Å². The largest absolute Gasteiger partial charge is 0.496 e. The zero-order valence-corrected chi connectivity index (χ0v) is 45.8. The molecule has 0 aliphatic carbocycles. The number of carboxylic acid groups (broad SMARTS) is 1. The zero-order valence-electron chi connectivity index (χ0n) is 44.1. The first-order valence-corrected chi connectivity index (χ1v) is 25.8. The van der Waals surface area contributed by atoms with E-state index in [0.717, 1.165) is 5.69 Å². The number of nitrogens with one attached hydrogen (secondary N) is 4. The predicted octanol–water partition coefficient (Wildman–Crippen LogP) is 11.0. The summed E-state index contributed by atoms with van der Waals surface area (Å²) in [4.78, 5) is 78.5. The molecule has 0 aliphatic heterocycles. The Hall–Kier alpha value is -10.5. The average molecular weight is 1130 g/mol. The first-order chi connectivity index (χ1) is 39.3. The molecule has 4 aromatic heterocycles. The molecule has 4 heterocycles. The topological polar surface area (TPSA) is 279 Å². The first kappa shape index (κ1) is 55.3. The van der Waals surface area contributed by atoms with Crippen molar-refractivity contribution in [2.24, 2.45) is 0 Å². The number of thiazole rings is 2. The van der Waals surface area contributed by atoms with Gasteiger partial charge >= 0.3 is 11.9 Å². The molecule has 0 aliphatic rings. The molecule has 0 atom stereocenters. The lowest BCUT2D eigenvalue weighted by Crippen LogP contribution is -2.13. The summed E-state index contributed by atoms with van der Waals surface area (Å²) in [6, 6.07) is 33.7. The molecule has 10 aromatic rings. The van der Waals surface area contributed by atoms with Crippen LogP contribution in [0.5, 0.6) is 34.5 Å². The number of carbonyl (C=O) groups excluding carboxylic acids is 3. The summed E-state index contributed by atoms with van der Waals surface area (Å²) in [5.41, 5.74) is 9.17. The molecule has 410 valence electrons. The van der Waals surface area contributed by atoms with Crippen molar-refractivity contribution in [3.05, 3.63) is 155 Å². The van der Waals surface area contributed by atoms with Crippen LogP contribution in [-0.4, -0.2) is 109 Å². The Morgan fingerprint density at radius 1 is 0.444 bits per heavy atom. The van der Waals surface area contributed by atoms with E-state index in [9.17, 15) is 24.3 Å². The number of aromatic nitrogens is 6. The zero-order chi connectivity index (χ0) is 57.2. The normalized spacial score (nSPS) is 10.7. The van der Waals surface area contributed by atoms with Crippen molar-refractivity contribution in [1.29, 1.82) is 0 Å². The lowest BCUT2D eigenvalue weighted by molar-refractivity contribution is 0.0596. The fraction of sp³-hybridized carbons (Fsp3) is 0.123. The number of aromatic carboxylic acids is 1. The summed E-state index contributed by atoms with van der Waals surface area (Å²) in [5.74, 6) is 2.16. The van der Waals surface area contributed by atoms with Gasteiger partial charge in [0.1, 0.15) is 43.3 Å². The van der Waals surface area contributed by atoms with Crippen molar-refractivity contribution in [2.45, 2.75) is 0 Å². The maximum absolute atomic E-state index is 13.1. The van der Waals surface area contributed by atoms with E-state index in [4.69, 9.17) is 43.1 Å². The summed E-state index contributed by atoms with van der Waals surface area (Å²) in [5, 5.41) is 21.5. The number of fused-ring (bicyclic) bond motifs is 2. The number of hydrogen-bond donors (Lipinski definition) is 5. The highest BCUT2D eigenvalue weighted by Crippen LogP contribution is 2.36. The Balaban J connectivity index is 0.000000196. The van der Waals surface area contributed by atoms with E-state index < -0.39 is 17.8 Å². The minimum Gasteiger partial charge on any atom is -0.496 e. The van der Waals surface area contributed by atoms with Crippen molar-refractivity contribution in [3.8, 4) is 57.3 Å². The molecular formula is C57H48N10O12S2. The second kappa shape index (κ2) is 24.9. The van der Waals surface area contributed by atoms with Crippen LogP contribution < -0.4 is 49.7 Å². The number of esters is 1. The highest BCUT2D eigenvalue weighted by molar-refractivity contribution is 7.16. The molecule has 0 saturated heterocycles. The molecule has 6 aromatic carbocycles. The Morgan fingerprint density at radius 3 is 1.27 bits per heavy atom. The van der Waals surface area contributed by atoms with E-state index in [-0.39, 0.29) is 28.5 Å². The monoisotopic (exact) mass is 1130 g/mol. The Morgan fingerprint density at radius 2 is 0.852 bits per heavy atom. The van der Waals surface area contributed by atoms with E-state index in [1.54, 1.807) is 112 Å². The van der Waals surface area contributed by atoms with Crippen LogP contribution in [0.25, 0.3) is 43.5 Å². The maximum Gasteiger partial charge on any atom is 0.341 e. The highest BCUT2D eigenvalue weighted by atomic mass is 32.1. The number of ether oxygens (including phenoxy) is 7. The van der Waals surface area contributed by atoms with Gasteiger partial charge in [-0.3, -0.25) is 9.59 Å². The van der Waals surface area contributed by atoms with Gasteiger partial charge in [0.15, 0.2) is 46.3 Å². The van der Waals surface area contributed by atoms with E-state index in [1.807, 2.05) is 24.3 Å². The van der Waals surface area contributed by atoms with Gasteiger partial charge in [0, 0.05) is 69.3 Å². The molecule has 0 saturated carbocycles. The number of benzene rings is 6. The summed E-state index contributed by atoms with van der Waals surface area (Å²) in [6.07, 6.45) is 0. The summed E-state index contributed by atoms with van der Waals surface area (Å²) in [6.45, 7) is 0. The minimum atomic E-state index is -1.12. The molecule has 0 radical (unpaired) electrons. The quantitative estimate of drug-likeness (QED) is 0.0499. The van der Waals surface area contributed by atoms with Crippen LogP contribution in [0.1, 0.15) is 41.4 Å². The standard InChI is InChI=1S/C29H25N5O6S.C28H23N5O6S/c1-37-21-11-9-18(14-23(21)39-3)31-26-24-28(41-15-30-24)34-25(33-26)16-6-5-7-17(12-16)27(35)32-19-8-10-20(29(36)40-4)22(13-19)38-2;1-37-20-10-8-17(13-22(20)39-3)30-25-23-27(40-14-29-23)33-24(32-25)15-5-4-6-16(11-15)26(34)31-18-7-9-19(28(35)36)21(12-18)38-2/h5-15H,1-4H3,(H,32,35)(H,31,33,34);4-14H,1-3H3,(H,31,34)(H,35,36)(H,30,32,33). The highest BCUT2D eigenvalue weighted by Gasteiger charge is 2.20. The molecule has 5 N–H and O–H groups in total. The van der Waals surface area contributed by atoms with Gasteiger partial charge in [0.05, 0.1) is 60.8 Å². The van der Waals surface area contributed by atoms with Gasteiger partial charge < -0.3 is 59.5 Å². The van der Waals surface area contributed by atoms with Crippen molar-refractivity contribution < 1.29 is 57.4 Å². The van der Waals surface area contributed by atoms with Crippen LogP contribution in [0.15, 0.2) is 132 Å². The minimum absolute atomic E-state index is 0.00407. The second-order valence-corrected chi connectivity index (χ2v) is 18.6. The van der Waals surface area contributed by atoms with Crippen LogP contribution in [-0.2, 0) is 4.74 Å². The molecule has 0 spiro atoms. The van der Waals surface area contributed by atoms with Gasteiger partial charge in [0.2, 0.25) is 0 Å². The van der Waals surface area contributed by atoms with E-state index in [0.29, 0.717) is 106 Å². The molecule has 22 nitrogen and oxygen atoms in total. The van der Waals surface area contributed by atoms with E-state index >= 15 is 0 Å². The van der Waals surface area contributed by atoms with Crippen molar-refractivity contribution >= 4 is 102 Å². The van der Waals surface area contributed by atoms with Crippen LogP contribution >= 0.6 is 22.7 Å². The third-order valence-corrected chi connectivity index (χ3v) is 13.4. The third kappa shape index (κ3) is 12.5. The predicted molar refractivity (Wildman–Crippen MR) is 307 cm³/mol. The number of nitrogens with zero attached hydrogens (tertiary/aromatic N) is 6. The number of methoxy groups -OCH3 is 7. The molecule has 10 rings (SSSR count). The molecular weight excluding hydrogens is 1080 g/mol. The van der Waals surface area contributed by atoms with Crippen molar-refractivity contribution in [2.75, 3.05) is 71.0 Å². The number of rotatable bonds is 18. The van der Waals surface area contributed by atoms with Crippen LogP contribution in [0.4, 0.5) is 34.4 Å². The SMILES string of the molecule is COC(=O)c1ccc(NC(=O)c2cccc(-c3nc(Nc4ccc(OC)c(OC)c4)c4ncsc4n3)c2)cc1OC.COc1ccc(Nc2nc(-c3cccc(C(=O)Nc4ccc(C(=O)O)c(OC)c4)c3)nc3scnc23)cc1OC. The van der Waals surface area contributed by atoms with Gasteiger partial charge in [-0.1, -0.05) is 24.3 Å². The first-order valence-electron chi connectivity index (χ1n) is 24.1. The second-order valence-electron chi connectivity index (χ2n) is 16.9. The Kier molecular flexibility index (Phi) is 17.0. The Bertz CT molecular complexity index is 4000. The third-order valence-electron chi connectivity index (χ3n) is 12.0. The van der Waals surface area contributed by atoms with Gasteiger partial charge in [-0.15, -0.1) is 22.7 Å². The smallest absolute Gasteiger partial charge is 0.341 e. The molecule has 2 amide bonds. The molecule has 24 heteroatoms. The fourth-order valence-electron chi connectivity index (χ4n) is 8.06. The van der Waals surface area contributed by atoms with Gasteiger partial charge in [-0.05, 0) is 72.8 Å². The van der Waals surface area contributed by atoms with Gasteiger partial charge in [-0.25, -0.2) is 39.5 Å². The van der Waals surface area contributed by atoms with Crippen LogP contribution in [0, 0.1) is 0 Å². The number of hydrogen-bond acceptors (Lipinski definition) is 21. The fourth-order valence-corrected chi connectivity index (χ4v) is 9.37. The van der Waals surface area contributed by atoms with Crippen LogP contribution in [0.3, 0.4) is 0 Å². The molecule has 0 bridgehead atoms. The number of carbonyl (C=O) groups is 4. The van der Waals surface area contributed by atoms with Gasteiger partial charge in [-0.2, -0.15) is 0 Å². The Labute approximate surface area is 469 Å². The summed E-state index contributed by atoms with van der Waals surface area (Å²) in [7, 11) is 10.4.